The van der Waals surface area contributed by atoms with Crippen LogP contribution in [0.1, 0.15) is 61.9 Å². The molecule has 4 nitrogen and oxygen atoms in total. The summed E-state index contributed by atoms with van der Waals surface area (Å²) in [5.74, 6) is -0.932. The molecule has 0 radical (unpaired) electrons. The van der Waals surface area contributed by atoms with Crippen molar-refractivity contribution in [2.24, 2.45) is 0 Å². The Kier molecular flexibility index (Phi) is 5.83. The van der Waals surface area contributed by atoms with Gasteiger partial charge in [0.2, 0.25) is 0 Å². The third kappa shape index (κ3) is 4.20. The van der Waals surface area contributed by atoms with E-state index in [0.29, 0.717) is 0 Å². The van der Waals surface area contributed by atoms with Crippen molar-refractivity contribution in [3.8, 4) is 0 Å². The highest BCUT2D eigenvalue weighted by atomic mass is 32.1. The summed E-state index contributed by atoms with van der Waals surface area (Å²) >= 11 is 1.25. The number of thiazole rings is 1. The smallest absolute Gasteiger partial charge is 0.323 e. The van der Waals surface area contributed by atoms with E-state index in [2.05, 4.69) is 0 Å². The predicted octanol–water partition coefficient (Wildman–Crippen LogP) is 3.21. The number of carboxylic acids is 1. The van der Waals surface area contributed by atoms with Crippen LogP contribution in [-0.4, -0.2) is 15.6 Å². The van der Waals surface area contributed by atoms with Crippen LogP contribution < -0.4 is 4.87 Å². The number of carboxylic acid groups (broad SMARTS) is 1. The van der Waals surface area contributed by atoms with E-state index >= 15 is 0 Å². The molecule has 1 heterocycles. The topological polar surface area (TPSA) is 59.3 Å². The van der Waals surface area contributed by atoms with Crippen molar-refractivity contribution in [2.45, 2.75) is 70.8 Å². The second-order valence-electron chi connectivity index (χ2n) is 5.55. The minimum atomic E-state index is -0.932. The third-order valence-corrected chi connectivity index (χ3v) is 5.02. The molecular weight excluding hydrogens is 274 g/mol. The van der Waals surface area contributed by atoms with Gasteiger partial charge in [0, 0.05) is 10.6 Å². The monoisotopic (exact) mass is 297 g/mol. The number of carbonyl (C=O) groups is 1. The van der Waals surface area contributed by atoms with E-state index < -0.39 is 5.97 Å². The molecule has 0 unspecified atom stereocenters. The summed E-state index contributed by atoms with van der Waals surface area (Å²) in [6.45, 7) is -0.190. The summed E-state index contributed by atoms with van der Waals surface area (Å²) in [5.41, 5.74) is 0.989. The maximum absolute atomic E-state index is 12.0. The largest absolute Gasteiger partial charge is 0.480 e. The number of aliphatic carboxylic acids is 1. The van der Waals surface area contributed by atoms with Crippen LogP contribution >= 0.6 is 11.3 Å². The summed E-state index contributed by atoms with van der Waals surface area (Å²) in [6, 6.07) is 0. The summed E-state index contributed by atoms with van der Waals surface area (Å²) in [7, 11) is 0. The minimum Gasteiger partial charge on any atom is -0.480 e. The van der Waals surface area contributed by atoms with Crippen LogP contribution in [0.15, 0.2) is 4.79 Å². The van der Waals surface area contributed by atoms with Crippen molar-refractivity contribution in [3.63, 3.8) is 0 Å². The van der Waals surface area contributed by atoms with E-state index in [-0.39, 0.29) is 11.4 Å². The van der Waals surface area contributed by atoms with Crippen LogP contribution in [0.25, 0.3) is 0 Å². The third-order valence-electron chi connectivity index (χ3n) is 3.94. The van der Waals surface area contributed by atoms with Crippen molar-refractivity contribution in [1.29, 1.82) is 0 Å². The van der Waals surface area contributed by atoms with Crippen LogP contribution in [0, 0.1) is 0 Å². The van der Waals surface area contributed by atoms with Gasteiger partial charge in [-0.3, -0.25) is 14.2 Å². The second-order valence-corrected chi connectivity index (χ2v) is 6.59. The zero-order valence-corrected chi connectivity index (χ0v) is 12.7. The second kappa shape index (κ2) is 7.62. The molecule has 1 aliphatic carbocycles. The van der Waals surface area contributed by atoms with Gasteiger partial charge >= 0.3 is 10.8 Å². The molecule has 112 valence electrons. The zero-order valence-electron chi connectivity index (χ0n) is 11.9. The van der Waals surface area contributed by atoms with Gasteiger partial charge in [-0.15, -0.1) is 0 Å². The Morgan fingerprint density at radius 3 is 2.15 bits per heavy atom. The van der Waals surface area contributed by atoms with Gasteiger partial charge in [0.25, 0.3) is 0 Å². The van der Waals surface area contributed by atoms with Gasteiger partial charge in [0.05, 0.1) is 0 Å². The standard InChI is InChI=1S/C15H23NO3S/c17-14(18)11-16-12-9-7-5-3-1-2-4-6-8-10-13(12)20-15(16)19/h1-11H2,(H,17,18). The fraction of sp³-hybridized carbons (Fsp3) is 0.733. The Balaban J connectivity index is 2.20. The number of aromatic nitrogens is 1. The fourth-order valence-corrected chi connectivity index (χ4v) is 3.96. The Morgan fingerprint density at radius 2 is 1.55 bits per heavy atom. The first-order valence-electron chi connectivity index (χ1n) is 7.61. The van der Waals surface area contributed by atoms with Crippen molar-refractivity contribution in [2.75, 3.05) is 0 Å². The molecule has 0 fully saturated rings. The highest BCUT2D eigenvalue weighted by Gasteiger charge is 2.16. The van der Waals surface area contributed by atoms with E-state index in [1.165, 1.54) is 54.4 Å². The Labute approximate surface area is 123 Å². The van der Waals surface area contributed by atoms with E-state index in [1.54, 1.807) is 0 Å². The van der Waals surface area contributed by atoms with Crippen molar-refractivity contribution < 1.29 is 9.90 Å². The quantitative estimate of drug-likeness (QED) is 0.912. The molecule has 20 heavy (non-hydrogen) atoms. The first-order valence-corrected chi connectivity index (χ1v) is 8.43. The zero-order chi connectivity index (χ0) is 14.4. The molecule has 1 N–H and O–H groups in total. The maximum atomic E-state index is 12.0. The molecule has 0 saturated carbocycles. The molecule has 2 rings (SSSR count). The van der Waals surface area contributed by atoms with Crippen LogP contribution in [0.4, 0.5) is 0 Å². The summed E-state index contributed by atoms with van der Waals surface area (Å²) in [4.78, 5) is 23.9. The van der Waals surface area contributed by atoms with Crippen molar-refractivity contribution in [1.82, 2.24) is 4.57 Å². The average molecular weight is 297 g/mol. The Hall–Kier alpha value is -1.10. The van der Waals surface area contributed by atoms with Gasteiger partial charge in [0.1, 0.15) is 6.54 Å². The van der Waals surface area contributed by atoms with Crippen LogP contribution in [0.5, 0.6) is 0 Å². The molecule has 0 amide bonds. The summed E-state index contributed by atoms with van der Waals surface area (Å²) in [6.07, 6.45) is 11.5. The summed E-state index contributed by atoms with van der Waals surface area (Å²) < 4.78 is 1.48. The Morgan fingerprint density at radius 1 is 1.00 bits per heavy atom. The number of hydrogen-bond donors (Lipinski definition) is 1. The van der Waals surface area contributed by atoms with E-state index in [9.17, 15) is 9.59 Å². The molecule has 0 bridgehead atoms. The molecule has 0 spiro atoms. The minimum absolute atomic E-state index is 0.104. The average Bonchev–Trinajstić information content (AvgIpc) is 2.66. The van der Waals surface area contributed by atoms with E-state index in [0.717, 1.165) is 36.3 Å². The molecule has 0 atom stereocenters. The SMILES string of the molecule is O=C(O)Cn1c2c(sc1=O)CCCCCCCCCC2. The number of aryl methyl sites for hydroxylation is 1. The predicted molar refractivity (Wildman–Crippen MR) is 80.6 cm³/mol. The van der Waals surface area contributed by atoms with E-state index in [4.69, 9.17) is 5.11 Å². The fourth-order valence-electron chi connectivity index (χ4n) is 2.88. The van der Waals surface area contributed by atoms with Crippen LogP contribution in [-0.2, 0) is 24.2 Å². The lowest BCUT2D eigenvalue weighted by Crippen LogP contribution is -2.21. The first kappa shape index (κ1) is 15.3. The highest BCUT2D eigenvalue weighted by Crippen LogP contribution is 2.21. The van der Waals surface area contributed by atoms with Crippen molar-refractivity contribution >= 4 is 17.3 Å². The van der Waals surface area contributed by atoms with Crippen LogP contribution in [0.3, 0.4) is 0 Å². The molecule has 1 aromatic heterocycles. The Bertz CT molecular complexity index is 504. The number of rotatable bonds is 2. The van der Waals surface area contributed by atoms with Gasteiger partial charge in [-0.1, -0.05) is 49.9 Å². The normalized spacial score (nSPS) is 17.8. The van der Waals surface area contributed by atoms with Gasteiger partial charge < -0.3 is 5.11 Å². The molecular formula is C15H23NO3S. The number of nitrogens with zero attached hydrogens (tertiary/aromatic N) is 1. The molecule has 0 aromatic carbocycles. The molecule has 0 saturated heterocycles. The number of fused-ring (bicyclic) bond motifs is 1. The highest BCUT2D eigenvalue weighted by molar-refractivity contribution is 7.09. The molecule has 1 aliphatic rings. The lowest BCUT2D eigenvalue weighted by atomic mass is 10.0. The van der Waals surface area contributed by atoms with Gasteiger partial charge in [0.15, 0.2) is 0 Å². The summed E-state index contributed by atoms with van der Waals surface area (Å²) in [5, 5.41) is 8.96. The first-order chi connectivity index (χ1) is 9.68. The molecule has 0 aliphatic heterocycles. The van der Waals surface area contributed by atoms with E-state index in [1.807, 2.05) is 0 Å². The molecule has 1 aromatic rings. The van der Waals surface area contributed by atoms with Gasteiger partial charge in [-0.25, -0.2) is 0 Å². The maximum Gasteiger partial charge on any atom is 0.323 e. The molecule has 5 heteroatoms. The van der Waals surface area contributed by atoms with Gasteiger partial charge in [-0.2, -0.15) is 0 Å². The van der Waals surface area contributed by atoms with Crippen LogP contribution in [0.2, 0.25) is 0 Å². The van der Waals surface area contributed by atoms with Gasteiger partial charge in [-0.05, 0) is 25.7 Å². The lowest BCUT2D eigenvalue weighted by molar-refractivity contribution is -0.137. The number of hydrogen-bond acceptors (Lipinski definition) is 3. The van der Waals surface area contributed by atoms with Crippen molar-refractivity contribution in [3.05, 3.63) is 20.2 Å². The lowest BCUT2D eigenvalue weighted by Gasteiger charge is -2.10.